The lowest BCUT2D eigenvalue weighted by atomic mass is 10.2. The predicted molar refractivity (Wildman–Crippen MR) is 73.6 cm³/mol. The van der Waals surface area contributed by atoms with E-state index in [1.54, 1.807) is 18.2 Å². The highest BCUT2D eigenvalue weighted by Gasteiger charge is 2.11. The van der Waals surface area contributed by atoms with E-state index in [0.29, 0.717) is 22.9 Å². The first-order chi connectivity index (χ1) is 9.20. The highest BCUT2D eigenvalue weighted by molar-refractivity contribution is 6.33. The van der Waals surface area contributed by atoms with Crippen molar-refractivity contribution in [2.45, 2.75) is 6.61 Å². The van der Waals surface area contributed by atoms with E-state index >= 15 is 0 Å². The highest BCUT2D eigenvalue weighted by Crippen LogP contribution is 2.23. The van der Waals surface area contributed by atoms with E-state index in [-0.39, 0.29) is 0 Å². The monoisotopic (exact) mass is 276 g/mol. The number of hydrogen-bond acceptors (Lipinski definition) is 3. The summed E-state index contributed by atoms with van der Waals surface area (Å²) in [6.45, 7) is 0.434. The van der Waals surface area contributed by atoms with Gasteiger partial charge in [-0.2, -0.15) is 0 Å². The van der Waals surface area contributed by atoms with Crippen molar-refractivity contribution < 1.29 is 14.3 Å². The topological polar surface area (TPSA) is 35.5 Å². The number of hydrogen-bond donors (Lipinski definition) is 0. The molecule has 19 heavy (non-hydrogen) atoms. The summed E-state index contributed by atoms with van der Waals surface area (Å²) in [7, 11) is 1.32. The van der Waals surface area contributed by atoms with Gasteiger partial charge in [0.25, 0.3) is 0 Å². The average Bonchev–Trinajstić information content (AvgIpc) is 2.46. The molecule has 2 rings (SSSR count). The van der Waals surface area contributed by atoms with Crippen LogP contribution in [0.4, 0.5) is 0 Å². The lowest BCUT2D eigenvalue weighted by Gasteiger charge is -2.08. The highest BCUT2D eigenvalue weighted by atomic mass is 35.5. The summed E-state index contributed by atoms with van der Waals surface area (Å²) in [5.74, 6) is 0.101. The summed E-state index contributed by atoms with van der Waals surface area (Å²) in [4.78, 5) is 11.5. The SMILES string of the molecule is COC(=O)c1cc(OCc2ccccc2)ccc1Cl. The quantitative estimate of drug-likeness (QED) is 0.799. The molecule has 0 atom stereocenters. The molecule has 0 bridgehead atoms. The van der Waals surface area contributed by atoms with Crippen LogP contribution in [0, 0.1) is 0 Å². The molecule has 0 amide bonds. The summed E-state index contributed by atoms with van der Waals surface area (Å²) < 4.78 is 10.3. The predicted octanol–water partition coefficient (Wildman–Crippen LogP) is 3.71. The second kappa shape index (κ2) is 6.25. The van der Waals surface area contributed by atoms with E-state index in [2.05, 4.69) is 4.74 Å². The number of halogens is 1. The minimum Gasteiger partial charge on any atom is -0.489 e. The average molecular weight is 277 g/mol. The third-order valence-corrected chi connectivity index (χ3v) is 2.92. The van der Waals surface area contributed by atoms with Gasteiger partial charge < -0.3 is 9.47 Å². The largest absolute Gasteiger partial charge is 0.489 e. The second-order valence-electron chi connectivity index (χ2n) is 3.91. The molecule has 3 nitrogen and oxygen atoms in total. The Morgan fingerprint density at radius 1 is 1.16 bits per heavy atom. The second-order valence-corrected chi connectivity index (χ2v) is 4.31. The Hall–Kier alpha value is -2.00. The van der Waals surface area contributed by atoms with E-state index in [0.717, 1.165) is 5.56 Å². The number of benzene rings is 2. The van der Waals surface area contributed by atoms with E-state index < -0.39 is 5.97 Å². The smallest absolute Gasteiger partial charge is 0.339 e. The summed E-state index contributed by atoms with van der Waals surface area (Å²) in [6, 6.07) is 14.7. The third-order valence-electron chi connectivity index (χ3n) is 2.59. The number of rotatable bonds is 4. The van der Waals surface area contributed by atoms with Crippen LogP contribution in [0.1, 0.15) is 15.9 Å². The van der Waals surface area contributed by atoms with Crippen molar-refractivity contribution in [2.75, 3.05) is 7.11 Å². The van der Waals surface area contributed by atoms with Gasteiger partial charge in [-0.1, -0.05) is 41.9 Å². The first-order valence-corrected chi connectivity index (χ1v) is 6.13. The van der Waals surface area contributed by atoms with Crippen LogP contribution in [-0.4, -0.2) is 13.1 Å². The standard InChI is InChI=1S/C15H13ClO3/c1-18-15(17)13-9-12(7-8-14(13)16)19-10-11-5-3-2-4-6-11/h2-9H,10H2,1H3. The van der Waals surface area contributed by atoms with Gasteiger partial charge in [0, 0.05) is 0 Å². The van der Waals surface area contributed by atoms with Crippen molar-refractivity contribution in [1.82, 2.24) is 0 Å². The number of carbonyl (C=O) groups is 1. The van der Waals surface area contributed by atoms with Crippen molar-refractivity contribution in [3.63, 3.8) is 0 Å². The molecule has 0 aromatic heterocycles. The fourth-order valence-electron chi connectivity index (χ4n) is 1.60. The molecule has 0 saturated carbocycles. The van der Waals surface area contributed by atoms with Crippen LogP contribution in [0.3, 0.4) is 0 Å². The Morgan fingerprint density at radius 2 is 1.89 bits per heavy atom. The van der Waals surface area contributed by atoms with Crippen LogP contribution in [-0.2, 0) is 11.3 Å². The fraction of sp³-hybridized carbons (Fsp3) is 0.133. The summed E-state index contributed by atoms with van der Waals surface area (Å²) >= 11 is 5.93. The van der Waals surface area contributed by atoms with Crippen LogP contribution in [0.2, 0.25) is 5.02 Å². The number of carbonyl (C=O) groups excluding carboxylic acids is 1. The van der Waals surface area contributed by atoms with Gasteiger partial charge in [-0.25, -0.2) is 4.79 Å². The number of methoxy groups -OCH3 is 1. The van der Waals surface area contributed by atoms with Gasteiger partial charge in [-0.3, -0.25) is 0 Å². The van der Waals surface area contributed by atoms with Gasteiger partial charge in [-0.15, -0.1) is 0 Å². The van der Waals surface area contributed by atoms with Gasteiger partial charge >= 0.3 is 5.97 Å². The van der Waals surface area contributed by atoms with Crippen LogP contribution in [0.25, 0.3) is 0 Å². The molecule has 0 aliphatic heterocycles. The minimum atomic E-state index is -0.477. The summed E-state index contributed by atoms with van der Waals surface area (Å²) in [5, 5.41) is 0.346. The van der Waals surface area contributed by atoms with Crippen LogP contribution in [0.5, 0.6) is 5.75 Å². The molecular weight excluding hydrogens is 264 g/mol. The van der Waals surface area contributed by atoms with Gasteiger partial charge in [0.15, 0.2) is 0 Å². The van der Waals surface area contributed by atoms with E-state index in [1.165, 1.54) is 7.11 Å². The fourth-order valence-corrected chi connectivity index (χ4v) is 1.80. The zero-order chi connectivity index (χ0) is 13.7. The molecule has 2 aromatic carbocycles. The normalized spacial score (nSPS) is 10.0. The maximum Gasteiger partial charge on any atom is 0.339 e. The molecule has 0 spiro atoms. The van der Waals surface area contributed by atoms with Crippen molar-refractivity contribution in [3.05, 3.63) is 64.7 Å². The van der Waals surface area contributed by atoms with Gasteiger partial charge in [-0.05, 0) is 23.8 Å². The van der Waals surface area contributed by atoms with Crippen molar-refractivity contribution in [1.29, 1.82) is 0 Å². The molecule has 0 fully saturated rings. The third kappa shape index (κ3) is 3.48. The molecule has 0 aliphatic rings. The van der Waals surface area contributed by atoms with E-state index in [4.69, 9.17) is 16.3 Å². The lowest BCUT2D eigenvalue weighted by molar-refractivity contribution is 0.0600. The van der Waals surface area contributed by atoms with Gasteiger partial charge in [0.1, 0.15) is 12.4 Å². The summed E-state index contributed by atoms with van der Waals surface area (Å²) in [6.07, 6.45) is 0. The Morgan fingerprint density at radius 3 is 2.58 bits per heavy atom. The Labute approximate surface area is 116 Å². The van der Waals surface area contributed by atoms with Crippen LogP contribution >= 0.6 is 11.6 Å². The molecular formula is C15H13ClO3. The van der Waals surface area contributed by atoms with E-state index in [1.807, 2.05) is 30.3 Å². The molecule has 98 valence electrons. The Balaban J connectivity index is 2.11. The summed E-state index contributed by atoms with van der Waals surface area (Å²) in [5.41, 5.74) is 1.35. The first-order valence-electron chi connectivity index (χ1n) is 5.75. The van der Waals surface area contributed by atoms with Crippen LogP contribution < -0.4 is 4.74 Å². The maximum atomic E-state index is 11.5. The van der Waals surface area contributed by atoms with Gasteiger partial charge in [0.2, 0.25) is 0 Å². The molecule has 0 radical (unpaired) electrons. The van der Waals surface area contributed by atoms with Crippen molar-refractivity contribution in [2.24, 2.45) is 0 Å². The molecule has 4 heteroatoms. The molecule has 0 saturated heterocycles. The first kappa shape index (κ1) is 13.4. The molecule has 2 aromatic rings. The number of ether oxygens (including phenoxy) is 2. The molecule has 0 aliphatic carbocycles. The molecule has 0 unspecified atom stereocenters. The lowest BCUT2D eigenvalue weighted by Crippen LogP contribution is -2.03. The van der Waals surface area contributed by atoms with E-state index in [9.17, 15) is 4.79 Å². The minimum absolute atomic E-state index is 0.301. The Bertz CT molecular complexity index is 567. The van der Waals surface area contributed by atoms with Crippen molar-refractivity contribution in [3.8, 4) is 5.75 Å². The van der Waals surface area contributed by atoms with Crippen molar-refractivity contribution >= 4 is 17.6 Å². The zero-order valence-corrected chi connectivity index (χ0v) is 11.2. The molecule has 0 N–H and O–H groups in total. The Kier molecular flexibility index (Phi) is 4.42. The maximum absolute atomic E-state index is 11.5. The molecule has 0 heterocycles. The zero-order valence-electron chi connectivity index (χ0n) is 10.4. The van der Waals surface area contributed by atoms with Crippen LogP contribution in [0.15, 0.2) is 48.5 Å². The number of esters is 1. The van der Waals surface area contributed by atoms with Gasteiger partial charge in [0.05, 0.1) is 17.7 Å².